The minimum absolute atomic E-state index is 0.0363. The van der Waals surface area contributed by atoms with Gasteiger partial charge in [-0.25, -0.2) is 0 Å². The van der Waals surface area contributed by atoms with E-state index in [-0.39, 0.29) is 11.1 Å². The molecule has 4 heterocycles. The van der Waals surface area contributed by atoms with E-state index in [2.05, 4.69) is 74.5 Å². The van der Waals surface area contributed by atoms with Gasteiger partial charge in [0.05, 0.1) is 33.2 Å². The molecule has 4 aromatic heterocycles. The number of hydrogen-bond donors (Lipinski definition) is 0. The van der Waals surface area contributed by atoms with Gasteiger partial charge in [0, 0.05) is 21.5 Å². The molecule has 60 heavy (non-hydrogen) atoms. The third kappa shape index (κ3) is 8.63. The van der Waals surface area contributed by atoms with Crippen LogP contribution >= 0.6 is 0 Å². The fraction of sp³-hybridized carbons (Fsp3) is 0.429. The van der Waals surface area contributed by atoms with E-state index in [1.54, 1.807) is 0 Å². The Morgan fingerprint density at radius 3 is 1.03 bits per heavy atom. The maximum Gasteiger partial charge on any atom is 0.264 e. The summed E-state index contributed by atoms with van der Waals surface area (Å²) in [5.74, 6) is 0. The van der Waals surface area contributed by atoms with Crippen molar-refractivity contribution in [1.29, 1.82) is 0 Å². The second kappa shape index (κ2) is 20.1. The molecule has 0 atom stereocenters. The van der Waals surface area contributed by atoms with Crippen molar-refractivity contribution in [2.75, 3.05) is 0 Å². The lowest BCUT2D eigenvalue weighted by atomic mass is 9.96. The highest BCUT2D eigenvalue weighted by Gasteiger charge is 2.29. The highest BCUT2D eigenvalue weighted by molar-refractivity contribution is 6.28. The molecule has 0 saturated carbocycles. The van der Waals surface area contributed by atoms with Crippen molar-refractivity contribution in [2.45, 2.75) is 155 Å². The summed E-state index contributed by atoms with van der Waals surface area (Å²) >= 11 is 0. The predicted octanol–water partition coefficient (Wildman–Crippen LogP) is 15.5. The minimum atomic E-state index is -0.0363. The summed E-state index contributed by atoms with van der Waals surface area (Å²) in [6.07, 6.45) is 28.7. The summed E-state index contributed by atoms with van der Waals surface area (Å²) < 4.78 is 3.81. The van der Waals surface area contributed by atoms with E-state index < -0.39 is 0 Å². The van der Waals surface area contributed by atoms with Crippen LogP contribution in [-0.4, -0.2) is 8.80 Å². The van der Waals surface area contributed by atoms with Gasteiger partial charge in [-0.1, -0.05) is 214 Å². The van der Waals surface area contributed by atoms with Crippen LogP contribution < -0.4 is 11.1 Å². The topological polar surface area (TPSA) is 43.0 Å². The predicted molar refractivity (Wildman–Crippen MR) is 258 cm³/mol. The smallest absolute Gasteiger partial charge is 0.264 e. The van der Waals surface area contributed by atoms with Crippen molar-refractivity contribution in [3.8, 4) is 22.3 Å². The van der Waals surface area contributed by atoms with Crippen molar-refractivity contribution in [2.24, 2.45) is 0 Å². The Morgan fingerprint density at radius 2 is 0.683 bits per heavy atom. The first kappa shape index (κ1) is 41.8. The van der Waals surface area contributed by atoms with Gasteiger partial charge < -0.3 is 0 Å². The molecule has 0 N–H and O–H groups in total. The molecule has 0 fully saturated rings. The van der Waals surface area contributed by atoms with Crippen LogP contribution in [0.3, 0.4) is 0 Å². The van der Waals surface area contributed by atoms with Crippen LogP contribution in [0.15, 0.2) is 107 Å². The van der Waals surface area contributed by atoms with Gasteiger partial charge in [-0.2, -0.15) is 0 Å². The number of hydrogen-bond acceptors (Lipinski definition) is 2. The highest BCUT2D eigenvalue weighted by atomic mass is 16.1. The molecule has 4 heteroatoms. The lowest BCUT2D eigenvalue weighted by molar-refractivity contribution is 0.556. The van der Waals surface area contributed by atoms with E-state index in [4.69, 9.17) is 0 Å². The average molecular weight is 799 g/mol. The van der Waals surface area contributed by atoms with Gasteiger partial charge in [-0.3, -0.25) is 18.4 Å². The molecule has 0 aliphatic heterocycles. The number of rotatable bonds is 24. The monoisotopic (exact) mass is 799 g/mol. The Balaban J connectivity index is 1.08. The number of aryl methyl sites for hydroxylation is 2. The van der Waals surface area contributed by atoms with Crippen molar-refractivity contribution < 1.29 is 0 Å². The molecular formula is C56H66N2O2. The summed E-state index contributed by atoms with van der Waals surface area (Å²) in [6, 6.07) is 33.6. The molecule has 0 unspecified atom stereocenters. The summed E-state index contributed by atoms with van der Waals surface area (Å²) in [5.41, 5.74) is 9.02. The molecule has 0 bridgehead atoms. The summed E-state index contributed by atoms with van der Waals surface area (Å²) in [4.78, 5) is 30.3. The van der Waals surface area contributed by atoms with Crippen LogP contribution in [-0.2, 0) is 12.8 Å². The Hall–Kier alpha value is -4.96. The molecule has 0 aliphatic rings. The van der Waals surface area contributed by atoms with Gasteiger partial charge in [-0.15, -0.1) is 0 Å². The summed E-state index contributed by atoms with van der Waals surface area (Å²) in [5, 5.41) is 3.62. The largest absolute Gasteiger partial charge is 0.274 e. The van der Waals surface area contributed by atoms with E-state index in [0.29, 0.717) is 11.1 Å². The van der Waals surface area contributed by atoms with E-state index in [1.807, 2.05) is 45.2 Å². The molecule has 0 amide bonds. The van der Waals surface area contributed by atoms with Gasteiger partial charge in [0.15, 0.2) is 0 Å². The molecule has 8 rings (SSSR count). The van der Waals surface area contributed by atoms with E-state index in [0.717, 1.165) is 67.6 Å². The normalized spacial score (nSPS) is 12.1. The van der Waals surface area contributed by atoms with Gasteiger partial charge in [-0.05, 0) is 60.1 Å². The third-order valence-electron chi connectivity index (χ3n) is 13.4. The Kier molecular flexibility index (Phi) is 14.0. The first-order chi connectivity index (χ1) is 29.6. The quantitative estimate of drug-likeness (QED) is 0.0572. The lowest BCUT2D eigenvalue weighted by Crippen LogP contribution is -2.20. The maximum atomic E-state index is 15.2. The molecule has 0 spiro atoms. The molecule has 312 valence electrons. The fourth-order valence-electron chi connectivity index (χ4n) is 10.1. The number of aromatic nitrogens is 2. The lowest BCUT2D eigenvalue weighted by Gasteiger charge is -2.12. The molecule has 8 aromatic rings. The standard InChI is InChI=1S/C56H66N2O2/c1-3-5-7-9-11-13-15-17-19-21-27-41-33-37-43(38-34-41)49-51-45-29-23-25-31-47(45)58-53(51)54-52(46-30-24-26-32-48(46)57(54)55(49)59)50(56(58)60)44-39-35-42(36-40-44)28-22-20-18-16-14-12-10-8-6-4-2/h23-26,29-40H,3-22,27-28H2,1-2H3. The molecule has 0 aliphatic carbocycles. The number of nitrogens with zero attached hydrogens (tertiary/aromatic N) is 2. The van der Waals surface area contributed by atoms with Crippen LogP contribution in [0.4, 0.5) is 0 Å². The number of unbranched alkanes of at least 4 members (excludes halogenated alkanes) is 18. The van der Waals surface area contributed by atoms with Gasteiger partial charge in [0.1, 0.15) is 0 Å². The van der Waals surface area contributed by atoms with E-state index in [1.165, 1.54) is 140 Å². The Labute approximate surface area is 357 Å². The van der Waals surface area contributed by atoms with Gasteiger partial charge in [0.2, 0.25) is 0 Å². The first-order valence-electron chi connectivity index (χ1n) is 23.9. The zero-order chi connectivity index (χ0) is 41.3. The average Bonchev–Trinajstić information content (AvgIpc) is 3.80. The second-order valence-corrected chi connectivity index (χ2v) is 17.8. The zero-order valence-corrected chi connectivity index (χ0v) is 36.5. The first-order valence-corrected chi connectivity index (χ1v) is 23.9. The Bertz CT molecular complexity index is 2530. The van der Waals surface area contributed by atoms with E-state index >= 15 is 9.59 Å². The molecule has 4 aromatic carbocycles. The summed E-state index contributed by atoms with van der Waals surface area (Å²) in [7, 11) is 0. The molecule has 0 saturated heterocycles. The van der Waals surface area contributed by atoms with E-state index in [9.17, 15) is 0 Å². The maximum absolute atomic E-state index is 15.2. The molecule has 0 radical (unpaired) electrons. The van der Waals surface area contributed by atoms with Gasteiger partial charge >= 0.3 is 0 Å². The number of fused-ring (bicyclic) bond motifs is 6. The Morgan fingerprint density at radius 1 is 0.367 bits per heavy atom. The number of para-hydroxylation sites is 2. The minimum Gasteiger partial charge on any atom is -0.274 e. The SMILES string of the molecule is CCCCCCCCCCCCc1ccc(-c2c(=O)n3c4ccccc4c4c(-c5ccc(CCCCCCCCCCCC)cc5)c(=O)n5c6ccccc6c2c5c43)cc1. The van der Waals surface area contributed by atoms with Crippen molar-refractivity contribution in [3.63, 3.8) is 0 Å². The third-order valence-corrected chi connectivity index (χ3v) is 13.4. The molecular weight excluding hydrogens is 733 g/mol. The molecule has 4 nitrogen and oxygen atoms in total. The zero-order valence-electron chi connectivity index (χ0n) is 36.5. The van der Waals surface area contributed by atoms with Crippen molar-refractivity contribution in [1.82, 2.24) is 8.80 Å². The fourth-order valence-corrected chi connectivity index (χ4v) is 10.1. The van der Waals surface area contributed by atoms with Crippen LogP contribution in [0, 0.1) is 0 Å². The highest BCUT2D eigenvalue weighted by Crippen LogP contribution is 2.43. The number of pyridine rings is 2. The van der Waals surface area contributed by atoms with Crippen LogP contribution in [0.25, 0.3) is 65.9 Å². The second-order valence-electron chi connectivity index (χ2n) is 17.8. The van der Waals surface area contributed by atoms with Crippen LogP contribution in [0.5, 0.6) is 0 Å². The van der Waals surface area contributed by atoms with Crippen molar-refractivity contribution in [3.05, 3.63) is 129 Å². The summed E-state index contributed by atoms with van der Waals surface area (Å²) in [6.45, 7) is 4.56. The van der Waals surface area contributed by atoms with Crippen LogP contribution in [0.1, 0.15) is 153 Å². The van der Waals surface area contributed by atoms with Crippen LogP contribution in [0.2, 0.25) is 0 Å². The van der Waals surface area contributed by atoms with Crippen molar-refractivity contribution >= 4 is 43.6 Å². The van der Waals surface area contributed by atoms with Gasteiger partial charge in [0.25, 0.3) is 11.1 Å². The number of benzene rings is 4.